The van der Waals surface area contributed by atoms with Crippen molar-refractivity contribution in [1.29, 1.82) is 0 Å². The first-order valence-electron chi connectivity index (χ1n) is 8.76. The normalized spacial score (nSPS) is 17.2. The van der Waals surface area contributed by atoms with Crippen LogP contribution in [0.5, 0.6) is 5.75 Å². The molecule has 140 valence electrons. The highest BCUT2D eigenvalue weighted by Crippen LogP contribution is 2.26. The number of para-hydroxylation sites is 1. The molecule has 0 saturated carbocycles. The Morgan fingerprint density at radius 3 is 2.65 bits per heavy atom. The van der Waals surface area contributed by atoms with E-state index in [2.05, 4.69) is 15.2 Å². The molecule has 0 bridgehead atoms. The Morgan fingerprint density at radius 1 is 1.31 bits per heavy atom. The Morgan fingerprint density at radius 2 is 2.04 bits per heavy atom. The molecule has 0 amide bonds. The molecular formula is C19H24ClN3O2S. The first kappa shape index (κ1) is 19.0. The summed E-state index contributed by atoms with van der Waals surface area (Å²) in [4.78, 5) is 7.41. The van der Waals surface area contributed by atoms with Crippen molar-refractivity contribution in [2.24, 2.45) is 4.99 Å². The van der Waals surface area contributed by atoms with Gasteiger partial charge in [0.15, 0.2) is 5.96 Å². The van der Waals surface area contributed by atoms with E-state index in [0.29, 0.717) is 10.9 Å². The summed E-state index contributed by atoms with van der Waals surface area (Å²) in [7, 11) is 1.77. The molecule has 0 radical (unpaired) electrons. The zero-order valence-electron chi connectivity index (χ0n) is 14.8. The van der Waals surface area contributed by atoms with Crippen LogP contribution in [0, 0.1) is 0 Å². The first-order valence-corrected chi connectivity index (χ1v) is 9.95. The molecule has 1 unspecified atom stereocenters. The van der Waals surface area contributed by atoms with E-state index in [9.17, 15) is 5.11 Å². The Balaban J connectivity index is 1.46. The van der Waals surface area contributed by atoms with Crippen LogP contribution in [0.1, 0.15) is 23.8 Å². The lowest BCUT2D eigenvalue weighted by Crippen LogP contribution is -2.48. The molecule has 1 atom stereocenters. The summed E-state index contributed by atoms with van der Waals surface area (Å²) in [5, 5.41) is 13.5. The predicted octanol–water partition coefficient (Wildman–Crippen LogP) is 3.55. The number of aliphatic hydroxyl groups is 1. The average molecular weight is 394 g/mol. The molecule has 1 fully saturated rings. The quantitative estimate of drug-likeness (QED) is 0.602. The minimum Gasteiger partial charge on any atom is -0.490 e. The maximum absolute atomic E-state index is 10.3. The highest BCUT2D eigenvalue weighted by atomic mass is 35.5. The SMILES string of the molecule is CN=C(NCC(O)c1ccc(Cl)s1)N1CCC(Oc2ccccc2)CC1. The largest absolute Gasteiger partial charge is 0.490 e. The van der Waals surface area contributed by atoms with Crippen LogP contribution in [-0.4, -0.2) is 48.8 Å². The molecular weight excluding hydrogens is 370 g/mol. The molecule has 3 rings (SSSR count). The maximum Gasteiger partial charge on any atom is 0.193 e. The van der Waals surface area contributed by atoms with Crippen LogP contribution in [-0.2, 0) is 0 Å². The van der Waals surface area contributed by atoms with Gasteiger partial charge in [0, 0.05) is 44.4 Å². The molecule has 0 spiro atoms. The minimum atomic E-state index is -0.594. The number of nitrogens with zero attached hydrogens (tertiary/aromatic N) is 2. The van der Waals surface area contributed by atoms with Gasteiger partial charge in [-0.1, -0.05) is 29.8 Å². The van der Waals surface area contributed by atoms with Gasteiger partial charge in [-0.2, -0.15) is 0 Å². The van der Waals surface area contributed by atoms with Crippen LogP contribution in [0.15, 0.2) is 47.5 Å². The summed E-state index contributed by atoms with van der Waals surface area (Å²) in [5.41, 5.74) is 0. The summed E-state index contributed by atoms with van der Waals surface area (Å²) in [6.45, 7) is 2.15. The van der Waals surface area contributed by atoms with Gasteiger partial charge in [-0.05, 0) is 24.3 Å². The second kappa shape index (κ2) is 9.26. The molecule has 1 aromatic heterocycles. The number of rotatable bonds is 5. The molecule has 2 N–H and O–H groups in total. The molecule has 2 aromatic rings. The fourth-order valence-corrected chi connectivity index (χ4v) is 4.05. The van der Waals surface area contributed by atoms with Gasteiger partial charge in [-0.25, -0.2) is 0 Å². The zero-order chi connectivity index (χ0) is 18.4. The topological polar surface area (TPSA) is 57.1 Å². The van der Waals surface area contributed by atoms with Gasteiger partial charge < -0.3 is 20.1 Å². The highest BCUT2D eigenvalue weighted by molar-refractivity contribution is 7.16. The molecule has 1 aliphatic heterocycles. The Labute approximate surface area is 163 Å². The number of thiophene rings is 1. The lowest BCUT2D eigenvalue weighted by atomic mass is 10.1. The van der Waals surface area contributed by atoms with Crippen LogP contribution >= 0.6 is 22.9 Å². The van der Waals surface area contributed by atoms with Gasteiger partial charge in [0.05, 0.1) is 4.34 Å². The highest BCUT2D eigenvalue weighted by Gasteiger charge is 2.23. The van der Waals surface area contributed by atoms with Gasteiger partial charge in [-0.3, -0.25) is 4.99 Å². The summed E-state index contributed by atoms with van der Waals surface area (Å²) in [5.74, 6) is 1.73. The third-order valence-electron chi connectivity index (χ3n) is 4.38. The van der Waals surface area contributed by atoms with E-state index in [4.69, 9.17) is 16.3 Å². The average Bonchev–Trinajstić information content (AvgIpc) is 3.11. The third-order valence-corrected chi connectivity index (χ3v) is 5.71. The van der Waals surface area contributed by atoms with Gasteiger partial charge in [0.25, 0.3) is 0 Å². The predicted molar refractivity (Wildman–Crippen MR) is 107 cm³/mol. The van der Waals surface area contributed by atoms with Crippen LogP contribution in [0.25, 0.3) is 0 Å². The number of hydrogen-bond acceptors (Lipinski definition) is 4. The summed E-state index contributed by atoms with van der Waals surface area (Å²) < 4.78 is 6.72. The number of guanidine groups is 1. The Hall–Kier alpha value is -1.76. The lowest BCUT2D eigenvalue weighted by molar-refractivity contribution is 0.128. The Kier molecular flexibility index (Phi) is 6.77. The molecule has 2 heterocycles. The van der Waals surface area contributed by atoms with Crippen molar-refractivity contribution >= 4 is 28.9 Å². The number of benzene rings is 1. The molecule has 7 heteroatoms. The monoisotopic (exact) mass is 393 g/mol. The number of ether oxygens (including phenoxy) is 1. The van der Waals surface area contributed by atoms with Crippen LogP contribution in [0.2, 0.25) is 4.34 Å². The second-order valence-electron chi connectivity index (χ2n) is 6.20. The molecule has 1 saturated heterocycles. The van der Waals surface area contributed by atoms with E-state index in [1.54, 1.807) is 13.1 Å². The number of aliphatic hydroxyl groups excluding tert-OH is 1. The van der Waals surface area contributed by atoms with Crippen molar-refractivity contribution in [3.05, 3.63) is 51.7 Å². The number of nitrogens with one attached hydrogen (secondary N) is 1. The number of piperidine rings is 1. The van der Waals surface area contributed by atoms with E-state index in [1.165, 1.54) is 11.3 Å². The molecule has 5 nitrogen and oxygen atoms in total. The Bertz CT molecular complexity index is 715. The van der Waals surface area contributed by atoms with Crippen LogP contribution in [0.3, 0.4) is 0 Å². The van der Waals surface area contributed by atoms with Crippen molar-refractivity contribution in [3.8, 4) is 5.75 Å². The summed E-state index contributed by atoms with van der Waals surface area (Å²) >= 11 is 7.33. The zero-order valence-corrected chi connectivity index (χ0v) is 16.3. The lowest BCUT2D eigenvalue weighted by Gasteiger charge is -2.34. The molecule has 0 aliphatic carbocycles. The van der Waals surface area contributed by atoms with Crippen LogP contribution < -0.4 is 10.1 Å². The maximum atomic E-state index is 10.3. The van der Waals surface area contributed by atoms with Crippen molar-refractivity contribution in [2.45, 2.75) is 25.0 Å². The fraction of sp³-hybridized carbons (Fsp3) is 0.421. The van der Waals surface area contributed by atoms with Crippen molar-refractivity contribution in [1.82, 2.24) is 10.2 Å². The summed E-state index contributed by atoms with van der Waals surface area (Å²) in [6.07, 6.45) is 1.52. The first-order chi connectivity index (χ1) is 12.7. The number of hydrogen-bond donors (Lipinski definition) is 2. The molecule has 1 aliphatic rings. The van der Waals surface area contributed by atoms with E-state index in [0.717, 1.165) is 42.5 Å². The van der Waals surface area contributed by atoms with Crippen molar-refractivity contribution < 1.29 is 9.84 Å². The third kappa shape index (κ3) is 5.13. The van der Waals surface area contributed by atoms with E-state index >= 15 is 0 Å². The van der Waals surface area contributed by atoms with Crippen LogP contribution in [0.4, 0.5) is 0 Å². The molecule has 26 heavy (non-hydrogen) atoms. The van der Waals surface area contributed by atoms with E-state index in [1.807, 2.05) is 36.4 Å². The molecule has 1 aromatic carbocycles. The van der Waals surface area contributed by atoms with Gasteiger partial charge in [0.2, 0.25) is 0 Å². The van der Waals surface area contributed by atoms with Gasteiger partial charge in [0.1, 0.15) is 18.0 Å². The van der Waals surface area contributed by atoms with Crippen molar-refractivity contribution in [2.75, 3.05) is 26.7 Å². The number of likely N-dealkylation sites (tertiary alicyclic amines) is 1. The number of halogens is 1. The standard InChI is InChI=1S/C19H24ClN3O2S/c1-21-19(22-13-16(24)17-7-8-18(20)26-17)23-11-9-15(10-12-23)25-14-5-3-2-4-6-14/h2-8,15-16,24H,9-13H2,1H3,(H,21,22). The minimum absolute atomic E-state index is 0.227. The fourth-order valence-electron chi connectivity index (χ4n) is 3.01. The smallest absolute Gasteiger partial charge is 0.193 e. The van der Waals surface area contributed by atoms with Gasteiger partial charge in [-0.15, -0.1) is 11.3 Å². The van der Waals surface area contributed by atoms with E-state index in [-0.39, 0.29) is 6.10 Å². The van der Waals surface area contributed by atoms with Crippen molar-refractivity contribution in [3.63, 3.8) is 0 Å². The van der Waals surface area contributed by atoms with Gasteiger partial charge >= 0.3 is 0 Å². The number of aliphatic imine (C=N–C) groups is 1. The van der Waals surface area contributed by atoms with E-state index < -0.39 is 6.10 Å². The summed E-state index contributed by atoms with van der Waals surface area (Å²) in [6, 6.07) is 13.6. The second-order valence-corrected chi connectivity index (χ2v) is 7.95.